The van der Waals surface area contributed by atoms with E-state index < -0.39 is 0 Å². The zero-order valence-corrected chi connectivity index (χ0v) is 19.6. The van der Waals surface area contributed by atoms with Crippen molar-refractivity contribution in [3.8, 4) is 0 Å². The van der Waals surface area contributed by atoms with Crippen LogP contribution in [0.4, 0.5) is 0 Å². The van der Waals surface area contributed by atoms with E-state index in [1.807, 2.05) is 0 Å². The quantitative estimate of drug-likeness (QED) is 0.402. The number of hydrogen-bond donors (Lipinski definition) is 0. The van der Waals surface area contributed by atoms with Crippen LogP contribution >= 0.6 is 0 Å². The molecule has 0 heterocycles. The number of fused-ring (bicyclic) bond motifs is 20. The molecule has 1 aromatic carbocycles. The van der Waals surface area contributed by atoms with Gasteiger partial charge in [0.2, 0.25) is 0 Å². The predicted molar refractivity (Wildman–Crippen MR) is 135 cm³/mol. The maximum Gasteiger partial charge on any atom is -0.0225 e. The highest BCUT2D eigenvalue weighted by atomic mass is 14.1. The fraction of sp³-hybridized carbons (Fsp3) is 0.667. The van der Waals surface area contributed by atoms with E-state index in [4.69, 9.17) is 0 Å². The second-order valence-corrected chi connectivity index (χ2v) is 9.79. The zero-order chi connectivity index (χ0) is 20.7. The Morgan fingerprint density at radius 3 is 1.10 bits per heavy atom. The van der Waals surface area contributed by atoms with Gasteiger partial charge in [0.1, 0.15) is 0 Å². The molecule has 0 atom stereocenters. The van der Waals surface area contributed by atoms with Gasteiger partial charge in [-0.15, -0.1) is 0 Å². The Hall–Kier alpha value is -1.30. The number of hydrogen-bond acceptors (Lipinski definition) is 0. The molecule has 166 valence electrons. The van der Waals surface area contributed by atoms with Crippen molar-refractivity contribution in [3.05, 3.63) is 46.5 Å². The normalized spacial score (nSPS) is 23.2. The van der Waals surface area contributed by atoms with E-state index in [9.17, 15) is 0 Å². The summed E-state index contributed by atoms with van der Waals surface area (Å²) in [7, 11) is 0. The molecule has 0 heteroatoms. The molecule has 0 spiro atoms. The van der Waals surface area contributed by atoms with Crippen LogP contribution in [0.1, 0.15) is 138 Å². The standard InChI is InChI=1S/C30H46/c1-2-6-10-14-18-22-28-26-29-23-19-15-11-7-3-4-8-12-16-20-24-30(28)25-27(29)21-17-13-9-5-1/h17-18,21-22,25-26H,1-16,19-20,23-24H2/b21-17-,22-18-. The number of allylic oxidation sites excluding steroid dienone is 2. The second kappa shape index (κ2) is 14.7. The average Bonchev–Trinajstić information content (AvgIpc) is 2.74. The van der Waals surface area contributed by atoms with Gasteiger partial charge in [-0.05, 0) is 73.6 Å². The van der Waals surface area contributed by atoms with Gasteiger partial charge in [-0.25, -0.2) is 0 Å². The Bertz CT molecular complexity index is 590. The first kappa shape index (κ1) is 23.4. The van der Waals surface area contributed by atoms with Gasteiger partial charge in [-0.3, -0.25) is 0 Å². The first-order valence-electron chi connectivity index (χ1n) is 13.4. The summed E-state index contributed by atoms with van der Waals surface area (Å²) in [5.74, 6) is 0. The van der Waals surface area contributed by atoms with E-state index in [1.54, 1.807) is 11.1 Å². The maximum atomic E-state index is 2.56. The van der Waals surface area contributed by atoms with Crippen LogP contribution in [0.15, 0.2) is 24.3 Å². The van der Waals surface area contributed by atoms with Crippen molar-refractivity contribution in [2.75, 3.05) is 0 Å². The molecule has 0 aromatic heterocycles. The largest absolute Gasteiger partial charge is 0.0839 e. The lowest BCUT2D eigenvalue weighted by molar-refractivity contribution is 0.550. The highest BCUT2D eigenvalue weighted by molar-refractivity contribution is 5.63. The molecule has 0 amide bonds. The monoisotopic (exact) mass is 406 g/mol. The molecule has 0 aliphatic heterocycles. The predicted octanol–water partition coefficient (Wildman–Crippen LogP) is 9.85. The fourth-order valence-electron chi connectivity index (χ4n) is 5.17. The van der Waals surface area contributed by atoms with E-state index in [0.717, 1.165) is 0 Å². The van der Waals surface area contributed by atoms with Gasteiger partial charge in [0.15, 0.2) is 0 Å². The summed E-state index contributed by atoms with van der Waals surface area (Å²) in [5.41, 5.74) is 6.21. The van der Waals surface area contributed by atoms with Crippen molar-refractivity contribution in [2.45, 2.75) is 128 Å². The third kappa shape index (κ3) is 8.83. The summed E-state index contributed by atoms with van der Waals surface area (Å²) in [6, 6.07) is 5.12. The molecule has 0 N–H and O–H groups in total. The molecule has 4 bridgehead atoms. The molecule has 30 heavy (non-hydrogen) atoms. The lowest BCUT2D eigenvalue weighted by Crippen LogP contribution is -1.98. The van der Waals surface area contributed by atoms with Gasteiger partial charge < -0.3 is 0 Å². The van der Waals surface area contributed by atoms with Crippen LogP contribution in [0.3, 0.4) is 0 Å². The van der Waals surface area contributed by atoms with Gasteiger partial charge in [0.25, 0.3) is 0 Å². The molecular formula is C30H46. The average molecular weight is 407 g/mol. The van der Waals surface area contributed by atoms with E-state index >= 15 is 0 Å². The lowest BCUT2D eigenvalue weighted by Gasteiger charge is -2.15. The van der Waals surface area contributed by atoms with Gasteiger partial charge in [-0.1, -0.05) is 113 Å². The van der Waals surface area contributed by atoms with Crippen molar-refractivity contribution in [2.24, 2.45) is 0 Å². The molecule has 0 radical (unpaired) electrons. The van der Waals surface area contributed by atoms with Crippen molar-refractivity contribution < 1.29 is 0 Å². The Kier molecular flexibility index (Phi) is 11.4. The molecule has 1 aromatic rings. The van der Waals surface area contributed by atoms with Crippen molar-refractivity contribution in [3.63, 3.8) is 0 Å². The molecule has 5 rings (SSSR count). The van der Waals surface area contributed by atoms with Gasteiger partial charge >= 0.3 is 0 Å². The van der Waals surface area contributed by atoms with Crippen molar-refractivity contribution in [1.82, 2.24) is 0 Å². The van der Waals surface area contributed by atoms with Crippen LogP contribution in [0.5, 0.6) is 0 Å². The van der Waals surface area contributed by atoms with Crippen molar-refractivity contribution >= 4 is 12.2 Å². The second-order valence-electron chi connectivity index (χ2n) is 9.79. The third-order valence-corrected chi connectivity index (χ3v) is 7.13. The minimum atomic E-state index is 1.25. The Labute approximate surface area is 187 Å². The molecule has 0 nitrogen and oxygen atoms in total. The number of aryl methyl sites for hydroxylation is 2. The van der Waals surface area contributed by atoms with Gasteiger partial charge in [-0.2, -0.15) is 0 Å². The first-order chi connectivity index (χ1) is 14.9. The van der Waals surface area contributed by atoms with Gasteiger partial charge in [0, 0.05) is 0 Å². The molecule has 0 saturated heterocycles. The molecule has 0 saturated carbocycles. The Morgan fingerprint density at radius 2 is 0.700 bits per heavy atom. The maximum absolute atomic E-state index is 2.56. The van der Waals surface area contributed by atoms with E-state index in [-0.39, 0.29) is 0 Å². The summed E-state index contributed by atoms with van der Waals surface area (Å²) in [6.07, 6.45) is 37.3. The van der Waals surface area contributed by atoms with Crippen LogP contribution in [0, 0.1) is 0 Å². The molecule has 4 aliphatic rings. The minimum Gasteiger partial charge on any atom is -0.0839 e. The number of benzene rings is 1. The molecule has 0 unspecified atom stereocenters. The third-order valence-electron chi connectivity index (χ3n) is 7.13. The van der Waals surface area contributed by atoms with E-state index in [0.29, 0.717) is 0 Å². The summed E-state index contributed by atoms with van der Waals surface area (Å²) in [4.78, 5) is 0. The highest BCUT2D eigenvalue weighted by Crippen LogP contribution is 2.26. The topological polar surface area (TPSA) is 0 Å². The zero-order valence-electron chi connectivity index (χ0n) is 19.6. The smallest absolute Gasteiger partial charge is 0.0225 e. The number of rotatable bonds is 0. The molecule has 0 fully saturated rings. The summed E-state index contributed by atoms with van der Waals surface area (Å²) < 4.78 is 0. The summed E-state index contributed by atoms with van der Waals surface area (Å²) in [5, 5.41) is 0. The summed E-state index contributed by atoms with van der Waals surface area (Å²) in [6.45, 7) is 0. The summed E-state index contributed by atoms with van der Waals surface area (Å²) >= 11 is 0. The van der Waals surface area contributed by atoms with E-state index in [1.165, 1.54) is 140 Å². The lowest BCUT2D eigenvalue weighted by atomic mass is 9.91. The van der Waals surface area contributed by atoms with Crippen LogP contribution in [0.25, 0.3) is 12.2 Å². The molecule has 4 aliphatic carbocycles. The van der Waals surface area contributed by atoms with Crippen LogP contribution in [0.2, 0.25) is 0 Å². The van der Waals surface area contributed by atoms with E-state index in [2.05, 4.69) is 36.4 Å². The first-order valence-corrected chi connectivity index (χ1v) is 13.4. The Balaban J connectivity index is 1.84. The molecular weight excluding hydrogens is 360 g/mol. The highest BCUT2D eigenvalue weighted by Gasteiger charge is 2.08. The Morgan fingerprint density at radius 1 is 0.367 bits per heavy atom. The minimum absolute atomic E-state index is 1.25. The fourth-order valence-corrected chi connectivity index (χ4v) is 5.17. The van der Waals surface area contributed by atoms with Crippen LogP contribution in [-0.4, -0.2) is 0 Å². The van der Waals surface area contributed by atoms with Gasteiger partial charge in [0.05, 0.1) is 0 Å². The van der Waals surface area contributed by atoms with Crippen molar-refractivity contribution in [1.29, 1.82) is 0 Å². The SMILES string of the molecule is C1=C\c2cc3c(cc2CCCCCCCCCCCC3)/C=C\CCCCCCCC/1. The van der Waals surface area contributed by atoms with Crippen LogP contribution in [-0.2, 0) is 12.8 Å². The van der Waals surface area contributed by atoms with Crippen LogP contribution < -0.4 is 0 Å².